The molecule has 2 amide bonds. The Balaban J connectivity index is 1.30. The van der Waals surface area contributed by atoms with Crippen LogP contribution in [0.25, 0.3) is 0 Å². The fourth-order valence-electron chi connectivity index (χ4n) is 3.18. The number of nitrogens with zero attached hydrogens (tertiary/aromatic N) is 1. The Hall–Kier alpha value is -2.96. The van der Waals surface area contributed by atoms with Gasteiger partial charge < -0.3 is 24.1 Å². The van der Waals surface area contributed by atoms with Crippen molar-refractivity contribution >= 4 is 11.8 Å². The van der Waals surface area contributed by atoms with Crippen molar-refractivity contribution in [2.24, 2.45) is 0 Å². The molecule has 150 valence electrons. The molecule has 0 bridgehead atoms. The number of hydrogen-bond donors (Lipinski definition) is 1. The highest BCUT2D eigenvalue weighted by Gasteiger charge is 2.25. The van der Waals surface area contributed by atoms with Gasteiger partial charge in [-0.3, -0.25) is 9.59 Å². The summed E-state index contributed by atoms with van der Waals surface area (Å²) in [6, 6.07) is 10.8. The van der Waals surface area contributed by atoms with E-state index in [9.17, 15) is 9.59 Å². The van der Waals surface area contributed by atoms with E-state index in [0.717, 1.165) is 24.3 Å². The van der Waals surface area contributed by atoms with Gasteiger partial charge in [0.2, 0.25) is 5.91 Å². The molecule has 1 aliphatic heterocycles. The van der Waals surface area contributed by atoms with Crippen LogP contribution in [-0.4, -0.2) is 49.6 Å². The Morgan fingerprint density at radius 2 is 1.86 bits per heavy atom. The van der Waals surface area contributed by atoms with Gasteiger partial charge in [0.25, 0.3) is 5.91 Å². The SMILES string of the molecule is COc1ccc(OCCCC(=O)NC2CCN(C(=O)c3ccco3)CC2)cc1. The molecule has 1 aromatic carbocycles. The summed E-state index contributed by atoms with van der Waals surface area (Å²) in [6.45, 7) is 1.71. The number of methoxy groups -OCH3 is 1. The minimum atomic E-state index is -0.0922. The third kappa shape index (κ3) is 5.52. The monoisotopic (exact) mass is 386 g/mol. The molecule has 0 saturated carbocycles. The van der Waals surface area contributed by atoms with Crippen molar-refractivity contribution in [2.75, 3.05) is 26.8 Å². The molecule has 7 nitrogen and oxygen atoms in total. The van der Waals surface area contributed by atoms with Crippen LogP contribution in [0.4, 0.5) is 0 Å². The quantitative estimate of drug-likeness (QED) is 0.706. The zero-order valence-electron chi connectivity index (χ0n) is 16.1. The fraction of sp³-hybridized carbons (Fsp3) is 0.429. The minimum absolute atomic E-state index is 0.0224. The van der Waals surface area contributed by atoms with E-state index in [-0.39, 0.29) is 17.9 Å². The standard InChI is InChI=1S/C21H26N2O5/c1-26-17-6-8-18(9-7-17)27-14-3-5-20(24)22-16-10-12-23(13-11-16)21(25)19-4-2-15-28-19/h2,4,6-9,15-16H,3,5,10-14H2,1H3,(H,22,24). The molecular formula is C21H26N2O5. The number of hydrogen-bond acceptors (Lipinski definition) is 5. The molecule has 0 atom stereocenters. The molecule has 0 spiro atoms. The van der Waals surface area contributed by atoms with Crippen molar-refractivity contribution in [3.05, 3.63) is 48.4 Å². The molecular weight excluding hydrogens is 360 g/mol. The number of rotatable bonds is 8. The third-order valence-corrected chi connectivity index (χ3v) is 4.76. The van der Waals surface area contributed by atoms with Crippen molar-refractivity contribution in [3.8, 4) is 11.5 Å². The lowest BCUT2D eigenvalue weighted by Crippen LogP contribution is -2.46. The van der Waals surface area contributed by atoms with Gasteiger partial charge in [-0.25, -0.2) is 0 Å². The van der Waals surface area contributed by atoms with E-state index >= 15 is 0 Å². The number of carbonyl (C=O) groups excluding carboxylic acids is 2. The van der Waals surface area contributed by atoms with Gasteiger partial charge in [0.1, 0.15) is 11.5 Å². The van der Waals surface area contributed by atoms with Gasteiger partial charge in [0, 0.05) is 25.6 Å². The molecule has 3 rings (SSSR count). The zero-order valence-corrected chi connectivity index (χ0v) is 16.1. The summed E-state index contributed by atoms with van der Waals surface area (Å²) in [5, 5.41) is 3.05. The number of furan rings is 1. The van der Waals surface area contributed by atoms with Crippen LogP contribution in [-0.2, 0) is 4.79 Å². The van der Waals surface area contributed by atoms with Crippen LogP contribution < -0.4 is 14.8 Å². The van der Waals surface area contributed by atoms with Crippen molar-refractivity contribution in [2.45, 2.75) is 31.7 Å². The molecule has 1 fully saturated rings. The first-order valence-electron chi connectivity index (χ1n) is 9.54. The molecule has 1 aromatic heterocycles. The molecule has 0 unspecified atom stereocenters. The maximum Gasteiger partial charge on any atom is 0.289 e. The van der Waals surface area contributed by atoms with Crippen LogP contribution in [0.15, 0.2) is 47.1 Å². The Kier molecular flexibility index (Phi) is 6.94. The van der Waals surface area contributed by atoms with Crippen molar-refractivity contribution < 1.29 is 23.5 Å². The predicted octanol–water partition coefficient (Wildman–Crippen LogP) is 2.87. The summed E-state index contributed by atoms with van der Waals surface area (Å²) in [5.41, 5.74) is 0. The van der Waals surface area contributed by atoms with Crippen LogP contribution >= 0.6 is 0 Å². The van der Waals surface area contributed by atoms with Gasteiger partial charge in [-0.05, 0) is 55.7 Å². The number of likely N-dealkylation sites (tertiary alicyclic amines) is 1. The number of carbonyl (C=O) groups is 2. The first kappa shape index (κ1) is 19.8. The molecule has 0 radical (unpaired) electrons. The van der Waals surface area contributed by atoms with E-state index < -0.39 is 0 Å². The number of ether oxygens (including phenoxy) is 2. The predicted molar refractivity (Wildman–Crippen MR) is 103 cm³/mol. The van der Waals surface area contributed by atoms with Gasteiger partial charge in [-0.1, -0.05) is 0 Å². The van der Waals surface area contributed by atoms with Crippen LogP contribution in [0.5, 0.6) is 11.5 Å². The van der Waals surface area contributed by atoms with Crippen LogP contribution in [0.1, 0.15) is 36.2 Å². The normalized spacial score (nSPS) is 14.5. The lowest BCUT2D eigenvalue weighted by Gasteiger charge is -2.31. The summed E-state index contributed by atoms with van der Waals surface area (Å²) in [6.07, 6.45) is 4.06. The fourth-order valence-corrected chi connectivity index (χ4v) is 3.18. The molecule has 2 heterocycles. The maximum atomic E-state index is 12.2. The van der Waals surface area contributed by atoms with Gasteiger partial charge in [0.05, 0.1) is 20.0 Å². The van der Waals surface area contributed by atoms with Gasteiger partial charge in [-0.15, -0.1) is 0 Å². The molecule has 1 aliphatic rings. The Morgan fingerprint density at radius 3 is 2.50 bits per heavy atom. The first-order chi connectivity index (χ1) is 13.7. The Morgan fingerprint density at radius 1 is 1.14 bits per heavy atom. The highest BCUT2D eigenvalue weighted by atomic mass is 16.5. The smallest absolute Gasteiger partial charge is 0.289 e. The zero-order chi connectivity index (χ0) is 19.8. The number of piperidine rings is 1. The summed E-state index contributed by atoms with van der Waals surface area (Å²) in [4.78, 5) is 26.1. The second-order valence-corrected chi connectivity index (χ2v) is 6.74. The highest BCUT2D eigenvalue weighted by molar-refractivity contribution is 5.91. The molecule has 7 heteroatoms. The summed E-state index contributed by atoms with van der Waals surface area (Å²) in [7, 11) is 1.62. The Bertz CT molecular complexity index is 750. The van der Waals surface area contributed by atoms with Crippen molar-refractivity contribution in [1.29, 1.82) is 0 Å². The lowest BCUT2D eigenvalue weighted by atomic mass is 10.0. The van der Waals surface area contributed by atoms with Gasteiger partial charge in [0.15, 0.2) is 5.76 Å². The van der Waals surface area contributed by atoms with Crippen LogP contribution in [0.3, 0.4) is 0 Å². The number of benzene rings is 1. The molecule has 2 aromatic rings. The highest BCUT2D eigenvalue weighted by Crippen LogP contribution is 2.17. The van der Waals surface area contributed by atoms with Crippen LogP contribution in [0.2, 0.25) is 0 Å². The van der Waals surface area contributed by atoms with E-state index in [0.29, 0.717) is 38.3 Å². The van der Waals surface area contributed by atoms with E-state index in [4.69, 9.17) is 13.9 Å². The molecule has 1 N–H and O–H groups in total. The van der Waals surface area contributed by atoms with E-state index in [1.165, 1.54) is 6.26 Å². The maximum absolute atomic E-state index is 12.2. The second-order valence-electron chi connectivity index (χ2n) is 6.74. The summed E-state index contributed by atoms with van der Waals surface area (Å²) in [5.74, 6) is 1.83. The largest absolute Gasteiger partial charge is 0.497 e. The molecule has 0 aliphatic carbocycles. The lowest BCUT2D eigenvalue weighted by molar-refractivity contribution is -0.122. The van der Waals surface area contributed by atoms with Crippen molar-refractivity contribution in [3.63, 3.8) is 0 Å². The average molecular weight is 386 g/mol. The average Bonchev–Trinajstić information content (AvgIpc) is 3.26. The van der Waals surface area contributed by atoms with E-state index in [1.807, 2.05) is 24.3 Å². The molecule has 28 heavy (non-hydrogen) atoms. The third-order valence-electron chi connectivity index (χ3n) is 4.76. The summed E-state index contributed by atoms with van der Waals surface area (Å²) >= 11 is 0. The summed E-state index contributed by atoms with van der Waals surface area (Å²) < 4.78 is 15.9. The minimum Gasteiger partial charge on any atom is -0.497 e. The van der Waals surface area contributed by atoms with Crippen LogP contribution in [0, 0.1) is 0 Å². The van der Waals surface area contributed by atoms with E-state index in [1.54, 1.807) is 24.1 Å². The number of amides is 2. The van der Waals surface area contributed by atoms with Crippen molar-refractivity contribution in [1.82, 2.24) is 10.2 Å². The molecule has 1 saturated heterocycles. The number of nitrogens with one attached hydrogen (secondary N) is 1. The first-order valence-corrected chi connectivity index (χ1v) is 9.54. The van der Waals surface area contributed by atoms with Gasteiger partial charge in [-0.2, -0.15) is 0 Å². The van der Waals surface area contributed by atoms with E-state index in [2.05, 4.69) is 5.32 Å². The Labute approximate surface area is 164 Å². The second kappa shape index (κ2) is 9.82. The van der Waals surface area contributed by atoms with Gasteiger partial charge >= 0.3 is 0 Å². The topological polar surface area (TPSA) is 81.0 Å².